The van der Waals surface area contributed by atoms with Gasteiger partial charge in [-0.05, 0) is 25.1 Å². The lowest BCUT2D eigenvalue weighted by molar-refractivity contribution is -0.0505. The maximum absolute atomic E-state index is 12.2. The molecule has 96 valence electrons. The summed E-state index contributed by atoms with van der Waals surface area (Å²) in [5, 5.41) is 12.2. The van der Waals surface area contributed by atoms with Gasteiger partial charge in [0, 0.05) is 23.2 Å². The van der Waals surface area contributed by atoms with Gasteiger partial charge in [-0.2, -0.15) is 8.78 Å². The number of alkyl halides is 2. The molecule has 1 aromatic carbocycles. The summed E-state index contributed by atoms with van der Waals surface area (Å²) in [6.45, 7) is -0.834. The van der Waals surface area contributed by atoms with Gasteiger partial charge < -0.3 is 15.2 Å². The van der Waals surface area contributed by atoms with E-state index in [0.29, 0.717) is 17.1 Å². The first-order valence-electron chi connectivity index (χ1n) is 5.10. The molecule has 2 N–H and O–H groups in total. The number of ether oxygens (including phenoxy) is 1. The zero-order chi connectivity index (χ0) is 12.8. The molecule has 6 heteroatoms. The van der Waals surface area contributed by atoms with Crippen molar-refractivity contribution in [3.63, 3.8) is 0 Å². The lowest BCUT2D eigenvalue weighted by atomic mass is 10.2. The normalized spacial score (nSPS) is 12.8. The van der Waals surface area contributed by atoms with Crippen molar-refractivity contribution < 1.29 is 18.6 Å². The topological polar surface area (TPSA) is 41.5 Å². The molecule has 0 spiro atoms. The van der Waals surface area contributed by atoms with E-state index in [1.165, 1.54) is 12.1 Å². The van der Waals surface area contributed by atoms with Crippen LogP contribution in [0.2, 0.25) is 5.02 Å². The predicted molar refractivity (Wildman–Crippen MR) is 61.5 cm³/mol. The molecule has 0 saturated heterocycles. The molecule has 1 atom stereocenters. The fourth-order valence-electron chi connectivity index (χ4n) is 1.25. The van der Waals surface area contributed by atoms with E-state index in [1.54, 1.807) is 13.0 Å². The van der Waals surface area contributed by atoms with Crippen molar-refractivity contribution in [1.29, 1.82) is 0 Å². The summed E-state index contributed by atoms with van der Waals surface area (Å²) in [5.41, 5.74) is 0.526. The second-order valence-electron chi connectivity index (χ2n) is 3.60. The van der Waals surface area contributed by atoms with Gasteiger partial charge in [0.2, 0.25) is 0 Å². The van der Waals surface area contributed by atoms with Gasteiger partial charge in [0.1, 0.15) is 5.75 Å². The molecule has 0 aliphatic heterocycles. The third-order valence-electron chi connectivity index (χ3n) is 2.15. The molecule has 3 nitrogen and oxygen atoms in total. The van der Waals surface area contributed by atoms with Gasteiger partial charge in [-0.1, -0.05) is 11.6 Å². The Hall–Kier alpha value is -0.910. The first kappa shape index (κ1) is 14.2. The summed E-state index contributed by atoms with van der Waals surface area (Å²) < 4.78 is 28.7. The lowest BCUT2D eigenvalue weighted by Gasteiger charge is -2.14. The minimum absolute atomic E-state index is 0.0361. The molecule has 0 aliphatic rings. The van der Waals surface area contributed by atoms with Crippen molar-refractivity contribution >= 4 is 11.6 Å². The summed E-state index contributed by atoms with van der Waals surface area (Å²) >= 11 is 5.78. The van der Waals surface area contributed by atoms with Crippen molar-refractivity contribution in [2.45, 2.75) is 26.1 Å². The highest BCUT2D eigenvalue weighted by Gasteiger charge is 2.10. The number of aliphatic hydroxyl groups excluding tert-OH is 1. The van der Waals surface area contributed by atoms with Crippen LogP contribution < -0.4 is 10.1 Å². The Morgan fingerprint density at radius 1 is 1.47 bits per heavy atom. The molecule has 1 aromatic rings. The number of benzene rings is 1. The van der Waals surface area contributed by atoms with Gasteiger partial charge in [0.05, 0.1) is 6.61 Å². The largest absolute Gasteiger partial charge is 0.434 e. The van der Waals surface area contributed by atoms with Crippen LogP contribution in [0.15, 0.2) is 18.2 Å². The third kappa shape index (κ3) is 4.85. The molecule has 0 amide bonds. The highest BCUT2D eigenvalue weighted by molar-refractivity contribution is 6.30. The summed E-state index contributed by atoms with van der Waals surface area (Å²) in [6.07, 6.45) is 0. The average Bonchev–Trinajstić information content (AvgIpc) is 2.28. The van der Waals surface area contributed by atoms with E-state index in [0.717, 1.165) is 0 Å². The summed E-state index contributed by atoms with van der Waals surface area (Å²) in [6, 6.07) is 4.30. The standard InChI is InChI=1S/C11H14ClF2NO2/c1-7(6-16)15-5-8-4-9(12)2-3-10(8)17-11(13)14/h2-4,7,11,15-16H,5-6H2,1H3. The van der Waals surface area contributed by atoms with E-state index < -0.39 is 6.61 Å². The van der Waals surface area contributed by atoms with Gasteiger partial charge in [-0.3, -0.25) is 0 Å². The highest BCUT2D eigenvalue weighted by atomic mass is 35.5. The molecule has 0 saturated carbocycles. The zero-order valence-corrected chi connectivity index (χ0v) is 10.0. The molecule has 1 unspecified atom stereocenters. The molecular weight excluding hydrogens is 252 g/mol. The van der Waals surface area contributed by atoms with Gasteiger partial charge in [-0.15, -0.1) is 0 Å². The smallest absolute Gasteiger partial charge is 0.387 e. The van der Waals surface area contributed by atoms with E-state index in [4.69, 9.17) is 16.7 Å². The fraction of sp³-hybridized carbons (Fsp3) is 0.455. The third-order valence-corrected chi connectivity index (χ3v) is 2.39. The number of nitrogens with one attached hydrogen (secondary N) is 1. The SMILES string of the molecule is CC(CO)NCc1cc(Cl)ccc1OC(F)F. The summed E-state index contributed by atoms with van der Waals surface area (Å²) in [7, 11) is 0. The molecular formula is C11H14ClF2NO2. The quantitative estimate of drug-likeness (QED) is 0.830. The Balaban J connectivity index is 2.76. The van der Waals surface area contributed by atoms with Crippen LogP contribution in [0.1, 0.15) is 12.5 Å². The summed E-state index contributed by atoms with van der Waals surface area (Å²) in [4.78, 5) is 0. The van der Waals surface area contributed by atoms with E-state index in [1.807, 2.05) is 0 Å². The highest BCUT2D eigenvalue weighted by Crippen LogP contribution is 2.24. The van der Waals surface area contributed by atoms with Crippen LogP contribution in [0.25, 0.3) is 0 Å². The van der Waals surface area contributed by atoms with E-state index in [9.17, 15) is 8.78 Å². The molecule has 0 aromatic heterocycles. The molecule has 0 aliphatic carbocycles. The average molecular weight is 266 g/mol. The zero-order valence-electron chi connectivity index (χ0n) is 9.29. The Morgan fingerprint density at radius 3 is 2.76 bits per heavy atom. The van der Waals surface area contributed by atoms with E-state index >= 15 is 0 Å². The number of rotatable bonds is 6. The van der Waals surface area contributed by atoms with Crippen LogP contribution in [0.3, 0.4) is 0 Å². The van der Waals surface area contributed by atoms with E-state index in [2.05, 4.69) is 10.1 Å². The van der Waals surface area contributed by atoms with Crippen LogP contribution in [-0.4, -0.2) is 24.4 Å². The second kappa shape index (κ2) is 6.74. The van der Waals surface area contributed by atoms with Gasteiger partial charge in [-0.25, -0.2) is 0 Å². The van der Waals surface area contributed by atoms with Crippen LogP contribution in [0, 0.1) is 0 Å². The molecule has 0 radical (unpaired) electrons. The Labute approximate surface area is 103 Å². The first-order chi connectivity index (χ1) is 8.02. The molecule has 0 bridgehead atoms. The minimum Gasteiger partial charge on any atom is -0.434 e. The summed E-state index contributed by atoms with van der Waals surface area (Å²) in [5.74, 6) is 0.0852. The Morgan fingerprint density at radius 2 is 2.18 bits per heavy atom. The van der Waals surface area contributed by atoms with Crippen LogP contribution in [0.5, 0.6) is 5.75 Å². The Kier molecular flexibility index (Phi) is 5.61. The second-order valence-corrected chi connectivity index (χ2v) is 4.03. The molecule has 1 rings (SSSR count). The Bertz CT molecular complexity index is 363. The van der Waals surface area contributed by atoms with Gasteiger partial charge in [0.15, 0.2) is 0 Å². The number of halogens is 3. The van der Waals surface area contributed by atoms with E-state index in [-0.39, 0.29) is 18.4 Å². The monoisotopic (exact) mass is 265 g/mol. The van der Waals surface area contributed by atoms with Gasteiger partial charge in [0.25, 0.3) is 0 Å². The van der Waals surface area contributed by atoms with Crippen molar-refractivity contribution in [3.8, 4) is 5.75 Å². The predicted octanol–water partition coefficient (Wildman–Crippen LogP) is 2.41. The minimum atomic E-state index is -2.87. The van der Waals surface area contributed by atoms with Crippen molar-refractivity contribution in [2.24, 2.45) is 0 Å². The van der Waals surface area contributed by atoms with Gasteiger partial charge >= 0.3 is 6.61 Å². The maximum atomic E-state index is 12.2. The fourth-order valence-corrected chi connectivity index (χ4v) is 1.44. The maximum Gasteiger partial charge on any atom is 0.387 e. The van der Waals surface area contributed by atoms with Crippen LogP contribution in [-0.2, 0) is 6.54 Å². The number of hydrogen-bond donors (Lipinski definition) is 2. The lowest BCUT2D eigenvalue weighted by Crippen LogP contribution is -2.28. The van der Waals surface area contributed by atoms with Crippen LogP contribution >= 0.6 is 11.6 Å². The van der Waals surface area contributed by atoms with Crippen molar-refractivity contribution in [3.05, 3.63) is 28.8 Å². The first-order valence-corrected chi connectivity index (χ1v) is 5.48. The molecule has 17 heavy (non-hydrogen) atoms. The van der Waals surface area contributed by atoms with Crippen molar-refractivity contribution in [1.82, 2.24) is 5.32 Å². The van der Waals surface area contributed by atoms with Crippen LogP contribution in [0.4, 0.5) is 8.78 Å². The molecule has 0 fully saturated rings. The number of hydrogen-bond acceptors (Lipinski definition) is 3. The molecule has 0 heterocycles. The number of aliphatic hydroxyl groups is 1. The van der Waals surface area contributed by atoms with Crippen molar-refractivity contribution in [2.75, 3.05) is 6.61 Å².